The van der Waals surface area contributed by atoms with Gasteiger partial charge in [-0.05, 0) is 6.92 Å². The van der Waals surface area contributed by atoms with E-state index in [9.17, 15) is 4.79 Å². The summed E-state index contributed by atoms with van der Waals surface area (Å²) in [6, 6.07) is -0.642. The first-order valence-corrected chi connectivity index (χ1v) is 4.40. The summed E-state index contributed by atoms with van der Waals surface area (Å²) in [6.07, 6.45) is -0.164. The quantitative estimate of drug-likeness (QED) is 0.840. The molecule has 0 aliphatic rings. The molecule has 0 aliphatic heterocycles. The predicted molar refractivity (Wildman–Crippen MR) is 48.1 cm³/mol. The van der Waals surface area contributed by atoms with Crippen LogP contribution in [0.1, 0.15) is 23.9 Å². The highest BCUT2D eigenvalue weighted by atomic mass is 79.9. The summed E-state index contributed by atoms with van der Waals surface area (Å²) in [7, 11) is 0. The minimum Gasteiger partial charge on any atom is -0.481 e. The van der Waals surface area contributed by atoms with Gasteiger partial charge in [-0.2, -0.15) is 0 Å². The lowest BCUT2D eigenvalue weighted by Gasteiger charge is -2.04. The second kappa shape index (κ2) is 3.89. The Morgan fingerprint density at radius 1 is 1.85 bits per heavy atom. The van der Waals surface area contributed by atoms with Crippen molar-refractivity contribution in [3.05, 3.63) is 16.3 Å². The van der Waals surface area contributed by atoms with Gasteiger partial charge in [0, 0.05) is 15.9 Å². The maximum absolute atomic E-state index is 10.3. The summed E-state index contributed by atoms with van der Waals surface area (Å²) in [5, 5.41) is 8.49. The number of hydrogen-bond acceptors (Lipinski definition) is 4. The standard InChI is InChI=1S/C7H9BrN2O3/c1-3-6(13-7(8)10-3)4(9)2-5(11)12/h4H,2,9H2,1H3,(H,11,12). The number of hydrogen-bond donors (Lipinski definition) is 2. The van der Waals surface area contributed by atoms with Gasteiger partial charge in [0.2, 0.25) is 0 Å². The summed E-state index contributed by atoms with van der Waals surface area (Å²) in [6.45, 7) is 1.71. The average molecular weight is 249 g/mol. The molecule has 0 amide bonds. The number of carboxylic acid groups (broad SMARTS) is 1. The molecule has 0 spiro atoms. The topological polar surface area (TPSA) is 89.4 Å². The SMILES string of the molecule is Cc1nc(Br)oc1C(N)CC(=O)O. The third kappa shape index (κ3) is 2.53. The van der Waals surface area contributed by atoms with Gasteiger partial charge >= 0.3 is 5.97 Å². The van der Waals surface area contributed by atoms with E-state index in [4.69, 9.17) is 15.3 Å². The van der Waals surface area contributed by atoms with E-state index in [0.29, 0.717) is 16.3 Å². The number of aliphatic carboxylic acids is 1. The van der Waals surface area contributed by atoms with Crippen LogP contribution < -0.4 is 5.73 Å². The van der Waals surface area contributed by atoms with Crippen molar-refractivity contribution in [3.63, 3.8) is 0 Å². The van der Waals surface area contributed by atoms with Crippen molar-refractivity contribution in [2.24, 2.45) is 5.73 Å². The molecule has 0 aromatic carbocycles. The maximum Gasteiger partial charge on any atom is 0.305 e. The number of aryl methyl sites for hydroxylation is 1. The number of nitrogens with zero attached hydrogens (tertiary/aromatic N) is 1. The van der Waals surface area contributed by atoms with Crippen LogP contribution in [0.4, 0.5) is 0 Å². The fourth-order valence-corrected chi connectivity index (χ4v) is 1.44. The van der Waals surface area contributed by atoms with Crippen LogP contribution in [0.15, 0.2) is 9.22 Å². The van der Waals surface area contributed by atoms with Crippen molar-refractivity contribution in [3.8, 4) is 0 Å². The Balaban J connectivity index is 2.81. The van der Waals surface area contributed by atoms with Gasteiger partial charge in [0.15, 0.2) is 0 Å². The van der Waals surface area contributed by atoms with Crippen LogP contribution in [0.3, 0.4) is 0 Å². The minimum atomic E-state index is -0.959. The van der Waals surface area contributed by atoms with E-state index in [1.165, 1.54) is 0 Å². The molecular formula is C7H9BrN2O3. The highest BCUT2D eigenvalue weighted by Gasteiger charge is 2.18. The lowest BCUT2D eigenvalue weighted by atomic mass is 10.1. The molecule has 1 atom stereocenters. The van der Waals surface area contributed by atoms with Crippen LogP contribution in [0, 0.1) is 6.92 Å². The summed E-state index contributed by atoms with van der Waals surface area (Å²) >= 11 is 3.04. The van der Waals surface area contributed by atoms with Gasteiger partial charge in [-0.3, -0.25) is 4.79 Å². The van der Waals surface area contributed by atoms with Gasteiger partial charge in [-0.15, -0.1) is 0 Å². The molecule has 1 unspecified atom stereocenters. The van der Waals surface area contributed by atoms with Crippen molar-refractivity contribution >= 4 is 21.9 Å². The van der Waals surface area contributed by atoms with E-state index in [2.05, 4.69) is 20.9 Å². The average Bonchev–Trinajstić information content (AvgIpc) is 2.28. The lowest BCUT2D eigenvalue weighted by Crippen LogP contribution is -2.15. The smallest absolute Gasteiger partial charge is 0.305 e. The molecule has 0 saturated carbocycles. The number of carboxylic acids is 1. The van der Waals surface area contributed by atoms with Crippen LogP contribution in [0.25, 0.3) is 0 Å². The number of nitrogens with two attached hydrogens (primary N) is 1. The van der Waals surface area contributed by atoms with Gasteiger partial charge in [0.05, 0.1) is 18.2 Å². The second-order valence-electron chi connectivity index (χ2n) is 2.62. The van der Waals surface area contributed by atoms with Crippen LogP contribution >= 0.6 is 15.9 Å². The Bertz CT molecular complexity index is 324. The van der Waals surface area contributed by atoms with Gasteiger partial charge < -0.3 is 15.3 Å². The van der Waals surface area contributed by atoms with Crippen LogP contribution in [0.5, 0.6) is 0 Å². The molecule has 6 heteroatoms. The fourth-order valence-electron chi connectivity index (χ4n) is 0.999. The zero-order valence-electron chi connectivity index (χ0n) is 6.95. The van der Waals surface area contributed by atoms with Crippen molar-refractivity contribution in [1.82, 2.24) is 4.98 Å². The Hall–Kier alpha value is -0.880. The molecule has 3 N–H and O–H groups in total. The van der Waals surface area contributed by atoms with Crippen LogP contribution in [-0.4, -0.2) is 16.1 Å². The van der Waals surface area contributed by atoms with Crippen LogP contribution in [0.2, 0.25) is 0 Å². The van der Waals surface area contributed by atoms with E-state index in [-0.39, 0.29) is 6.42 Å². The van der Waals surface area contributed by atoms with Crippen LogP contribution in [-0.2, 0) is 4.79 Å². The van der Waals surface area contributed by atoms with Gasteiger partial charge in [0.25, 0.3) is 4.80 Å². The molecular weight excluding hydrogens is 240 g/mol. The molecule has 1 rings (SSSR count). The molecule has 0 bridgehead atoms. The summed E-state index contributed by atoms with van der Waals surface area (Å²) in [5.74, 6) is -0.548. The summed E-state index contributed by atoms with van der Waals surface area (Å²) in [5.41, 5.74) is 6.19. The molecule has 72 valence electrons. The van der Waals surface area contributed by atoms with Gasteiger partial charge in [0.1, 0.15) is 5.76 Å². The predicted octanol–water partition coefficient (Wildman–Crippen LogP) is 1.22. The third-order valence-electron chi connectivity index (χ3n) is 1.54. The molecule has 13 heavy (non-hydrogen) atoms. The monoisotopic (exact) mass is 248 g/mol. The highest BCUT2D eigenvalue weighted by molar-refractivity contribution is 9.10. The summed E-state index contributed by atoms with van der Waals surface area (Å²) < 4.78 is 5.09. The zero-order chi connectivity index (χ0) is 10.0. The van der Waals surface area contributed by atoms with E-state index in [1.54, 1.807) is 6.92 Å². The molecule has 0 saturated heterocycles. The van der Waals surface area contributed by atoms with Crippen molar-refractivity contribution < 1.29 is 14.3 Å². The lowest BCUT2D eigenvalue weighted by molar-refractivity contribution is -0.137. The van der Waals surface area contributed by atoms with Crippen molar-refractivity contribution in [2.75, 3.05) is 0 Å². The first-order chi connectivity index (χ1) is 6.00. The molecule has 1 heterocycles. The number of oxazole rings is 1. The Labute approximate surface area is 83.1 Å². The van der Waals surface area contributed by atoms with E-state index >= 15 is 0 Å². The maximum atomic E-state index is 10.3. The number of aromatic nitrogens is 1. The van der Waals surface area contributed by atoms with E-state index in [0.717, 1.165) is 0 Å². The Morgan fingerprint density at radius 3 is 2.85 bits per heavy atom. The van der Waals surface area contributed by atoms with E-state index in [1.807, 2.05) is 0 Å². The number of carbonyl (C=O) groups is 1. The Morgan fingerprint density at radius 2 is 2.46 bits per heavy atom. The molecule has 0 aliphatic carbocycles. The van der Waals surface area contributed by atoms with E-state index < -0.39 is 12.0 Å². The van der Waals surface area contributed by atoms with Crippen molar-refractivity contribution in [1.29, 1.82) is 0 Å². The normalized spacial score (nSPS) is 12.8. The largest absolute Gasteiger partial charge is 0.481 e. The zero-order valence-corrected chi connectivity index (χ0v) is 8.54. The second-order valence-corrected chi connectivity index (χ2v) is 3.30. The molecule has 1 aromatic rings. The molecule has 5 nitrogen and oxygen atoms in total. The minimum absolute atomic E-state index is 0.164. The van der Waals surface area contributed by atoms with Crippen molar-refractivity contribution in [2.45, 2.75) is 19.4 Å². The van der Waals surface area contributed by atoms with Gasteiger partial charge in [-0.1, -0.05) is 0 Å². The fraction of sp³-hybridized carbons (Fsp3) is 0.429. The highest BCUT2D eigenvalue weighted by Crippen LogP contribution is 2.22. The first kappa shape index (κ1) is 10.2. The molecule has 0 radical (unpaired) electrons. The molecule has 0 fully saturated rings. The molecule has 1 aromatic heterocycles. The third-order valence-corrected chi connectivity index (χ3v) is 1.88. The first-order valence-electron chi connectivity index (χ1n) is 3.61. The van der Waals surface area contributed by atoms with Gasteiger partial charge in [-0.25, -0.2) is 4.98 Å². The summed E-state index contributed by atoms with van der Waals surface area (Å²) in [4.78, 5) is 14.6. The number of rotatable bonds is 3. The number of halogens is 1. The Kier molecular flexibility index (Phi) is 3.05.